The number of aryl methyl sites for hydroxylation is 1. The van der Waals surface area contributed by atoms with E-state index in [-0.39, 0.29) is 23.0 Å². The zero-order chi connectivity index (χ0) is 20.1. The fourth-order valence-electron chi connectivity index (χ4n) is 2.56. The van der Waals surface area contributed by atoms with Crippen LogP contribution >= 0.6 is 0 Å². The molecule has 0 radical (unpaired) electrons. The number of carbonyl (C=O) groups is 1. The Morgan fingerprint density at radius 1 is 1.00 bits per heavy atom. The normalized spacial score (nSPS) is 10.2. The van der Waals surface area contributed by atoms with E-state index in [1.807, 2.05) is 19.1 Å². The molecule has 1 amide bonds. The van der Waals surface area contributed by atoms with Gasteiger partial charge in [0.15, 0.2) is 11.5 Å². The highest BCUT2D eigenvalue weighted by atomic mass is 16.6. The largest absolute Gasteiger partial charge is 0.493 e. The first-order chi connectivity index (χ1) is 13.5. The quantitative estimate of drug-likeness (QED) is 0.484. The predicted octanol–water partition coefficient (Wildman–Crippen LogP) is 4.96. The summed E-state index contributed by atoms with van der Waals surface area (Å²) in [5.74, 6) is 0.724. The van der Waals surface area contributed by atoms with Crippen LogP contribution in [0.5, 0.6) is 17.2 Å². The predicted molar refractivity (Wildman–Crippen MR) is 105 cm³/mol. The molecule has 0 aromatic heterocycles. The molecule has 0 bridgehead atoms. The number of para-hydroxylation sites is 2. The summed E-state index contributed by atoms with van der Waals surface area (Å²) < 4.78 is 11.0. The molecule has 1 N–H and O–H groups in total. The van der Waals surface area contributed by atoms with Crippen LogP contribution in [0.4, 0.5) is 11.4 Å². The monoisotopic (exact) mass is 378 g/mol. The number of nitro groups is 1. The molecule has 0 aliphatic carbocycles. The van der Waals surface area contributed by atoms with Gasteiger partial charge in [-0.05, 0) is 31.2 Å². The minimum absolute atomic E-state index is 0.202. The SMILES string of the molecule is COc1ccccc1Oc1cc(NC(=O)c2ccc(C)cc2)cc([N+](=O)[O-])c1. The first-order valence-electron chi connectivity index (χ1n) is 8.44. The van der Waals surface area contributed by atoms with Crippen molar-refractivity contribution in [1.82, 2.24) is 0 Å². The van der Waals surface area contributed by atoms with E-state index in [1.54, 1.807) is 36.4 Å². The van der Waals surface area contributed by atoms with E-state index >= 15 is 0 Å². The average Bonchev–Trinajstić information content (AvgIpc) is 2.68. The summed E-state index contributed by atoms with van der Waals surface area (Å²) in [5, 5.41) is 14.0. The Morgan fingerprint density at radius 2 is 1.68 bits per heavy atom. The molecule has 3 aromatic carbocycles. The molecule has 0 aliphatic heterocycles. The van der Waals surface area contributed by atoms with E-state index in [0.717, 1.165) is 5.56 Å². The molecular weight excluding hydrogens is 360 g/mol. The topological polar surface area (TPSA) is 90.7 Å². The molecule has 0 spiro atoms. The Bertz CT molecular complexity index is 1020. The summed E-state index contributed by atoms with van der Waals surface area (Å²) in [4.78, 5) is 23.2. The van der Waals surface area contributed by atoms with E-state index in [0.29, 0.717) is 17.1 Å². The number of carbonyl (C=O) groups excluding carboxylic acids is 1. The number of benzene rings is 3. The second kappa shape index (κ2) is 8.22. The zero-order valence-corrected chi connectivity index (χ0v) is 15.3. The second-order valence-corrected chi connectivity index (χ2v) is 6.05. The smallest absolute Gasteiger partial charge is 0.275 e. The van der Waals surface area contributed by atoms with Crippen molar-refractivity contribution in [2.24, 2.45) is 0 Å². The first-order valence-corrected chi connectivity index (χ1v) is 8.44. The number of non-ortho nitro benzene ring substituents is 1. The summed E-state index contributed by atoms with van der Waals surface area (Å²) in [7, 11) is 1.50. The molecule has 7 heteroatoms. The number of anilines is 1. The Labute approximate surface area is 161 Å². The summed E-state index contributed by atoms with van der Waals surface area (Å²) in [6.07, 6.45) is 0. The third-order valence-electron chi connectivity index (χ3n) is 3.97. The third-order valence-corrected chi connectivity index (χ3v) is 3.97. The molecule has 7 nitrogen and oxygen atoms in total. The number of amides is 1. The highest BCUT2D eigenvalue weighted by molar-refractivity contribution is 6.04. The van der Waals surface area contributed by atoms with Gasteiger partial charge in [-0.1, -0.05) is 29.8 Å². The molecule has 0 heterocycles. The highest BCUT2D eigenvalue weighted by Crippen LogP contribution is 2.34. The molecule has 0 unspecified atom stereocenters. The molecular formula is C21H18N2O5. The Balaban J connectivity index is 1.90. The molecule has 142 valence electrons. The van der Waals surface area contributed by atoms with Crippen LogP contribution in [-0.4, -0.2) is 17.9 Å². The fraction of sp³-hybridized carbons (Fsp3) is 0.0952. The summed E-state index contributed by atoms with van der Waals surface area (Å²) in [5.41, 5.74) is 1.53. The van der Waals surface area contributed by atoms with Crippen molar-refractivity contribution >= 4 is 17.3 Å². The molecule has 28 heavy (non-hydrogen) atoms. The van der Waals surface area contributed by atoms with Crippen molar-refractivity contribution in [1.29, 1.82) is 0 Å². The number of methoxy groups -OCH3 is 1. The van der Waals surface area contributed by atoms with Crippen LogP contribution in [0, 0.1) is 17.0 Å². The van der Waals surface area contributed by atoms with E-state index in [1.165, 1.54) is 25.3 Å². The van der Waals surface area contributed by atoms with E-state index < -0.39 is 4.92 Å². The lowest BCUT2D eigenvalue weighted by Gasteiger charge is -2.12. The molecule has 3 aromatic rings. The first kappa shape index (κ1) is 18.9. The van der Waals surface area contributed by atoms with Crippen LogP contribution in [0.25, 0.3) is 0 Å². The number of nitro benzene ring substituents is 1. The van der Waals surface area contributed by atoms with Crippen molar-refractivity contribution in [3.8, 4) is 17.2 Å². The zero-order valence-electron chi connectivity index (χ0n) is 15.3. The second-order valence-electron chi connectivity index (χ2n) is 6.05. The number of rotatable bonds is 6. The third kappa shape index (κ3) is 4.45. The highest BCUT2D eigenvalue weighted by Gasteiger charge is 2.15. The number of hydrogen-bond donors (Lipinski definition) is 1. The molecule has 0 saturated carbocycles. The minimum atomic E-state index is -0.545. The van der Waals surface area contributed by atoms with Crippen LogP contribution in [0.1, 0.15) is 15.9 Å². The van der Waals surface area contributed by atoms with Crippen molar-refractivity contribution in [2.45, 2.75) is 6.92 Å². The lowest BCUT2D eigenvalue weighted by molar-refractivity contribution is -0.384. The summed E-state index contributed by atoms with van der Waals surface area (Å²) in [6.45, 7) is 1.92. The minimum Gasteiger partial charge on any atom is -0.493 e. The Morgan fingerprint density at radius 3 is 2.32 bits per heavy atom. The van der Waals surface area contributed by atoms with Crippen molar-refractivity contribution in [3.63, 3.8) is 0 Å². The number of nitrogens with zero attached hydrogens (tertiary/aromatic N) is 1. The Kier molecular flexibility index (Phi) is 5.55. The lowest BCUT2D eigenvalue weighted by atomic mass is 10.1. The van der Waals surface area contributed by atoms with Gasteiger partial charge in [0.2, 0.25) is 0 Å². The lowest BCUT2D eigenvalue weighted by Crippen LogP contribution is -2.12. The van der Waals surface area contributed by atoms with Crippen molar-refractivity contribution in [2.75, 3.05) is 12.4 Å². The standard InChI is InChI=1S/C21H18N2O5/c1-14-7-9-15(10-8-14)21(24)22-16-11-17(23(25)26)13-18(12-16)28-20-6-4-3-5-19(20)27-2/h3-13H,1-2H3,(H,22,24). The molecule has 0 aliphatic rings. The van der Waals surface area contributed by atoms with E-state index in [9.17, 15) is 14.9 Å². The number of hydrogen-bond acceptors (Lipinski definition) is 5. The van der Waals surface area contributed by atoms with Crippen molar-refractivity contribution in [3.05, 3.63) is 88.0 Å². The molecule has 3 rings (SSSR count). The summed E-state index contributed by atoms with van der Waals surface area (Å²) in [6, 6.07) is 18.0. The van der Waals surface area contributed by atoms with Crippen LogP contribution in [-0.2, 0) is 0 Å². The molecule has 0 fully saturated rings. The molecule has 0 atom stereocenters. The fourth-order valence-corrected chi connectivity index (χ4v) is 2.56. The maximum absolute atomic E-state index is 12.4. The van der Waals surface area contributed by atoms with Gasteiger partial charge in [-0.2, -0.15) is 0 Å². The van der Waals surface area contributed by atoms with Crippen LogP contribution in [0.2, 0.25) is 0 Å². The Hall–Kier alpha value is -3.87. The number of ether oxygens (including phenoxy) is 2. The van der Waals surface area contributed by atoms with Crippen LogP contribution < -0.4 is 14.8 Å². The van der Waals surface area contributed by atoms with Gasteiger partial charge in [-0.25, -0.2) is 0 Å². The van der Waals surface area contributed by atoms with Crippen molar-refractivity contribution < 1.29 is 19.2 Å². The average molecular weight is 378 g/mol. The van der Waals surface area contributed by atoms with Gasteiger partial charge in [0, 0.05) is 17.7 Å². The van der Waals surface area contributed by atoms with Gasteiger partial charge < -0.3 is 14.8 Å². The van der Waals surface area contributed by atoms with Gasteiger partial charge in [-0.15, -0.1) is 0 Å². The van der Waals surface area contributed by atoms with Gasteiger partial charge >= 0.3 is 0 Å². The number of nitrogens with one attached hydrogen (secondary N) is 1. The van der Waals surface area contributed by atoms with Gasteiger partial charge in [0.25, 0.3) is 11.6 Å². The molecule has 0 saturated heterocycles. The van der Waals surface area contributed by atoms with Gasteiger partial charge in [0.05, 0.1) is 23.8 Å². The van der Waals surface area contributed by atoms with E-state index in [2.05, 4.69) is 5.32 Å². The maximum atomic E-state index is 12.4. The van der Waals surface area contributed by atoms with Crippen LogP contribution in [0.3, 0.4) is 0 Å². The van der Waals surface area contributed by atoms with Crippen LogP contribution in [0.15, 0.2) is 66.7 Å². The van der Waals surface area contributed by atoms with Gasteiger partial charge in [0.1, 0.15) is 5.75 Å². The summed E-state index contributed by atoms with van der Waals surface area (Å²) >= 11 is 0. The maximum Gasteiger partial charge on any atom is 0.275 e. The van der Waals surface area contributed by atoms with Gasteiger partial charge in [-0.3, -0.25) is 14.9 Å². The van der Waals surface area contributed by atoms with E-state index in [4.69, 9.17) is 9.47 Å².